The molecule has 0 radical (unpaired) electrons. The minimum atomic E-state index is -0.382. The van der Waals surface area contributed by atoms with Gasteiger partial charge in [0.2, 0.25) is 0 Å². The fourth-order valence-electron chi connectivity index (χ4n) is 3.99. The molecule has 0 fully saturated rings. The molecule has 178 valence electrons. The van der Waals surface area contributed by atoms with Crippen molar-refractivity contribution in [1.29, 1.82) is 5.26 Å². The van der Waals surface area contributed by atoms with Crippen molar-refractivity contribution in [2.45, 2.75) is 13.5 Å². The summed E-state index contributed by atoms with van der Waals surface area (Å²) in [6, 6.07) is 24.1. The number of allylic oxidation sites excluding steroid dienone is 1. The molecule has 5 rings (SSSR count). The summed E-state index contributed by atoms with van der Waals surface area (Å²) in [5, 5.41) is 12.4. The third-order valence-electron chi connectivity index (χ3n) is 5.66. The lowest BCUT2D eigenvalue weighted by Gasteiger charge is -2.15. The summed E-state index contributed by atoms with van der Waals surface area (Å²) in [6.45, 7) is 2.60. The van der Waals surface area contributed by atoms with Gasteiger partial charge >= 0.3 is 0 Å². The maximum Gasteiger partial charge on any atom is 0.180 e. The molecule has 5 nitrogen and oxygen atoms in total. The van der Waals surface area contributed by atoms with E-state index in [1.807, 2.05) is 25.1 Å². The van der Waals surface area contributed by atoms with Crippen LogP contribution in [0.2, 0.25) is 5.02 Å². The lowest BCUT2D eigenvalue weighted by atomic mass is 10.1. The molecule has 0 saturated carbocycles. The second-order valence-corrected chi connectivity index (χ2v) is 8.56. The number of hydrogen-bond acceptors (Lipinski definition) is 4. The van der Waals surface area contributed by atoms with E-state index in [9.17, 15) is 9.65 Å². The van der Waals surface area contributed by atoms with E-state index in [4.69, 9.17) is 21.1 Å². The number of imidazole rings is 1. The average molecular weight is 498 g/mol. The highest BCUT2D eigenvalue weighted by atomic mass is 35.5. The molecule has 5 aromatic rings. The molecular weight excluding hydrogens is 477 g/mol. The Labute approximate surface area is 212 Å². The van der Waals surface area contributed by atoms with Crippen molar-refractivity contribution in [3.63, 3.8) is 0 Å². The van der Waals surface area contributed by atoms with Gasteiger partial charge in [0.05, 0.1) is 28.2 Å². The van der Waals surface area contributed by atoms with Crippen molar-refractivity contribution in [3.8, 4) is 17.6 Å². The van der Waals surface area contributed by atoms with Gasteiger partial charge in [0.25, 0.3) is 0 Å². The Morgan fingerprint density at radius 2 is 1.89 bits per heavy atom. The molecule has 0 aliphatic carbocycles. The number of H-pyrrole nitrogens is 1. The summed E-state index contributed by atoms with van der Waals surface area (Å²) in [5.41, 5.74) is 3.00. The summed E-state index contributed by atoms with van der Waals surface area (Å²) in [4.78, 5) is 7.40. The fourth-order valence-corrected chi connectivity index (χ4v) is 4.26. The smallest absolute Gasteiger partial charge is 0.180 e. The molecule has 0 aliphatic heterocycles. The minimum absolute atomic E-state index is 0.273. The zero-order chi connectivity index (χ0) is 25.1. The van der Waals surface area contributed by atoms with Crippen molar-refractivity contribution in [2.24, 2.45) is 0 Å². The van der Waals surface area contributed by atoms with Crippen LogP contribution in [-0.4, -0.2) is 16.6 Å². The third-order valence-corrected chi connectivity index (χ3v) is 5.94. The van der Waals surface area contributed by atoms with E-state index < -0.39 is 0 Å². The number of fused-ring (bicyclic) bond motifs is 2. The SMILES string of the molecule is CCOc1cc(/C=C(/C#N)c2nc3ccc(F)cc3[nH]2)cc(Cl)c1OCc1ccc2ccccc2c1. The summed E-state index contributed by atoms with van der Waals surface area (Å²) in [7, 11) is 0. The van der Waals surface area contributed by atoms with Crippen molar-refractivity contribution in [1.82, 2.24) is 9.97 Å². The number of hydrogen-bond donors (Lipinski definition) is 1. The fraction of sp³-hybridized carbons (Fsp3) is 0.103. The largest absolute Gasteiger partial charge is 0.490 e. The van der Waals surface area contributed by atoms with Crippen LogP contribution in [0.5, 0.6) is 11.5 Å². The van der Waals surface area contributed by atoms with Gasteiger partial charge in [0.15, 0.2) is 11.5 Å². The molecule has 0 spiro atoms. The van der Waals surface area contributed by atoms with E-state index >= 15 is 0 Å². The second-order valence-electron chi connectivity index (χ2n) is 8.15. The van der Waals surface area contributed by atoms with Gasteiger partial charge in [-0.15, -0.1) is 0 Å². The van der Waals surface area contributed by atoms with Crippen molar-refractivity contribution < 1.29 is 13.9 Å². The number of aromatic amines is 1. The zero-order valence-corrected chi connectivity index (χ0v) is 20.1. The molecule has 1 N–H and O–H groups in total. The number of nitrogens with zero attached hydrogens (tertiary/aromatic N) is 2. The van der Waals surface area contributed by atoms with Gasteiger partial charge < -0.3 is 14.5 Å². The molecule has 0 bridgehead atoms. The summed E-state index contributed by atoms with van der Waals surface area (Å²) in [6.07, 6.45) is 1.65. The van der Waals surface area contributed by atoms with Crippen LogP contribution in [0.3, 0.4) is 0 Å². The lowest BCUT2D eigenvalue weighted by Crippen LogP contribution is -2.01. The Balaban J connectivity index is 1.44. The molecule has 0 unspecified atom stereocenters. The van der Waals surface area contributed by atoms with Gasteiger partial charge in [0.1, 0.15) is 24.3 Å². The van der Waals surface area contributed by atoms with Crippen LogP contribution < -0.4 is 9.47 Å². The van der Waals surface area contributed by atoms with Crippen LogP contribution in [0.4, 0.5) is 4.39 Å². The first-order valence-corrected chi connectivity index (χ1v) is 11.8. The first kappa shape index (κ1) is 23.4. The zero-order valence-electron chi connectivity index (χ0n) is 19.4. The van der Waals surface area contributed by atoms with Crippen LogP contribution in [0.25, 0.3) is 33.5 Å². The molecule has 1 aromatic heterocycles. The molecule has 7 heteroatoms. The summed E-state index contributed by atoms with van der Waals surface area (Å²) < 4.78 is 25.4. The first-order valence-electron chi connectivity index (χ1n) is 11.4. The van der Waals surface area contributed by atoms with Gasteiger partial charge in [-0.05, 0) is 71.3 Å². The van der Waals surface area contributed by atoms with Gasteiger partial charge in [-0.1, -0.05) is 48.0 Å². The third kappa shape index (κ3) is 4.88. The highest BCUT2D eigenvalue weighted by Crippen LogP contribution is 2.38. The van der Waals surface area contributed by atoms with Gasteiger partial charge in [0, 0.05) is 0 Å². The number of aromatic nitrogens is 2. The molecule has 1 heterocycles. The van der Waals surface area contributed by atoms with Crippen LogP contribution in [0.1, 0.15) is 23.9 Å². The standard InChI is InChI=1S/C29H21ClFN3O2/c1-2-35-27-14-19(12-22(16-32)29-33-25-10-9-23(31)15-26(25)34-29)13-24(30)28(27)36-17-18-7-8-20-5-3-4-6-21(20)11-18/h3-15H,2,17H2,1H3,(H,33,34)/b22-12-. The van der Waals surface area contributed by atoms with Gasteiger partial charge in [-0.3, -0.25) is 0 Å². The molecule has 0 aliphatic rings. The summed E-state index contributed by atoms with van der Waals surface area (Å²) in [5.74, 6) is 0.860. The molecule has 0 amide bonds. The Bertz CT molecular complexity index is 1650. The average Bonchev–Trinajstić information content (AvgIpc) is 3.30. The first-order chi connectivity index (χ1) is 17.5. The predicted octanol–water partition coefficient (Wildman–Crippen LogP) is 7.55. The van der Waals surface area contributed by atoms with E-state index in [2.05, 4.69) is 40.3 Å². The van der Waals surface area contributed by atoms with Crippen LogP contribution in [0, 0.1) is 17.1 Å². The van der Waals surface area contributed by atoms with Gasteiger partial charge in [-0.25, -0.2) is 9.37 Å². The number of rotatable bonds is 7. The minimum Gasteiger partial charge on any atom is -0.490 e. The van der Waals surface area contributed by atoms with Crippen LogP contribution in [0.15, 0.2) is 72.8 Å². The van der Waals surface area contributed by atoms with E-state index in [0.29, 0.717) is 52.2 Å². The molecular formula is C29H21ClFN3O2. The Morgan fingerprint density at radius 1 is 1.06 bits per heavy atom. The molecule has 0 atom stereocenters. The Morgan fingerprint density at radius 3 is 2.69 bits per heavy atom. The van der Waals surface area contributed by atoms with Crippen molar-refractivity contribution in [2.75, 3.05) is 6.61 Å². The topological polar surface area (TPSA) is 70.9 Å². The Kier molecular flexibility index (Phi) is 6.57. The quantitative estimate of drug-likeness (QED) is 0.236. The number of benzene rings is 4. The van der Waals surface area contributed by atoms with Crippen LogP contribution >= 0.6 is 11.6 Å². The maximum absolute atomic E-state index is 13.5. The highest BCUT2D eigenvalue weighted by molar-refractivity contribution is 6.32. The number of ether oxygens (including phenoxy) is 2. The van der Waals surface area contributed by atoms with Crippen LogP contribution in [-0.2, 0) is 6.61 Å². The lowest BCUT2D eigenvalue weighted by molar-refractivity contribution is 0.269. The number of nitriles is 1. The van der Waals surface area contributed by atoms with Gasteiger partial charge in [-0.2, -0.15) is 5.26 Å². The van der Waals surface area contributed by atoms with E-state index in [0.717, 1.165) is 16.3 Å². The van der Waals surface area contributed by atoms with Crippen molar-refractivity contribution in [3.05, 3.63) is 101 Å². The van der Waals surface area contributed by atoms with E-state index in [1.165, 1.54) is 12.1 Å². The van der Waals surface area contributed by atoms with E-state index in [-0.39, 0.29) is 11.4 Å². The normalized spacial score (nSPS) is 11.6. The van der Waals surface area contributed by atoms with Crippen molar-refractivity contribution >= 4 is 45.1 Å². The molecule has 4 aromatic carbocycles. The summed E-state index contributed by atoms with van der Waals surface area (Å²) >= 11 is 6.60. The number of halogens is 2. The predicted molar refractivity (Wildman–Crippen MR) is 140 cm³/mol. The monoisotopic (exact) mass is 497 g/mol. The maximum atomic E-state index is 13.5. The molecule has 36 heavy (non-hydrogen) atoms. The number of nitrogens with one attached hydrogen (secondary N) is 1. The van der Waals surface area contributed by atoms with E-state index in [1.54, 1.807) is 24.3 Å². The molecule has 0 saturated heterocycles. The second kappa shape index (κ2) is 10.1. The highest BCUT2D eigenvalue weighted by Gasteiger charge is 2.15. The Hall–Kier alpha value is -4.34.